The maximum absolute atomic E-state index is 9.94. The first kappa shape index (κ1) is 9.71. The smallest absolute Gasteiger partial charge is 0.233 e. The van der Waals surface area contributed by atoms with Gasteiger partial charge in [-0.1, -0.05) is 6.92 Å². The van der Waals surface area contributed by atoms with Crippen molar-refractivity contribution >= 4 is 14.3 Å². The molecule has 0 unspecified atom stereocenters. The largest absolute Gasteiger partial charge is 0.294 e. The molecule has 0 aromatic rings. The Labute approximate surface area is 44.8 Å². The molecule has 3 N–H and O–H groups in total. The van der Waals surface area contributed by atoms with Crippen LogP contribution in [0.4, 0.5) is 0 Å². The molecule has 0 atom stereocenters. The fourth-order valence-electron chi connectivity index (χ4n) is 0.102. The van der Waals surface area contributed by atoms with Gasteiger partial charge < -0.3 is 0 Å². The van der Waals surface area contributed by atoms with Gasteiger partial charge in [0, 0.05) is 14.8 Å². The standard InChI is InChI=1S/C3H8N2O.B/c1-2-3(6)5-4;/h2,4H2,1H3,(H,5,6);. The fraction of sp³-hybridized carbons (Fsp3) is 0.667. The summed E-state index contributed by atoms with van der Waals surface area (Å²) in [5.41, 5.74) is 1.98. The zero-order valence-corrected chi connectivity index (χ0v) is 4.27. The SMILES string of the molecule is CCC(=O)NN.[B]. The van der Waals surface area contributed by atoms with Crippen molar-refractivity contribution in [3.63, 3.8) is 0 Å². The van der Waals surface area contributed by atoms with Crippen molar-refractivity contribution in [2.24, 2.45) is 5.84 Å². The molecule has 7 heavy (non-hydrogen) atoms. The maximum Gasteiger partial charge on any atom is 0.233 e. The van der Waals surface area contributed by atoms with E-state index in [2.05, 4.69) is 5.84 Å². The molecule has 0 bridgehead atoms. The normalized spacial score (nSPS) is 6.57. The molecule has 4 heteroatoms. The third-order valence-electron chi connectivity index (χ3n) is 0.482. The molecule has 0 aromatic carbocycles. The summed E-state index contributed by atoms with van der Waals surface area (Å²) in [7, 11) is 0. The van der Waals surface area contributed by atoms with Crippen molar-refractivity contribution in [1.82, 2.24) is 5.43 Å². The van der Waals surface area contributed by atoms with Gasteiger partial charge in [0.25, 0.3) is 0 Å². The van der Waals surface area contributed by atoms with Crippen LogP contribution in [0.1, 0.15) is 13.3 Å². The van der Waals surface area contributed by atoms with E-state index in [0.717, 1.165) is 0 Å². The van der Waals surface area contributed by atoms with E-state index in [-0.39, 0.29) is 14.3 Å². The Morgan fingerprint density at radius 2 is 2.29 bits per heavy atom. The lowest BCUT2D eigenvalue weighted by atomic mass is 10.5. The summed E-state index contributed by atoms with van der Waals surface area (Å²) in [4.78, 5) is 9.94. The summed E-state index contributed by atoms with van der Waals surface area (Å²) in [6.45, 7) is 1.74. The second kappa shape index (κ2) is 5.49. The highest BCUT2D eigenvalue weighted by Gasteiger charge is 1.85. The van der Waals surface area contributed by atoms with E-state index in [4.69, 9.17) is 0 Å². The van der Waals surface area contributed by atoms with Crippen molar-refractivity contribution in [2.45, 2.75) is 13.3 Å². The Morgan fingerprint density at radius 1 is 1.86 bits per heavy atom. The van der Waals surface area contributed by atoms with Crippen LogP contribution in [0.5, 0.6) is 0 Å². The number of carbonyl (C=O) groups excluding carboxylic acids is 1. The predicted molar refractivity (Wildman–Crippen MR) is 28.4 cm³/mol. The molecule has 0 heterocycles. The van der Waals surface area contributed by atoms with Crippen LogP contribution in [-0.2, 0) is 4.79 Å². The minimum atomic E-state index is -0.130. The van der Waals surface area contributed by atoms with Gasteiger partial charge in [-0.25, -0.2) is 5.84 Å². The first-order chi connectivity index (χ1) is 2.81. The van der Waals surface area contributed by atoms with Gasteiger partial charge in [0.05, 0.1) is 0 Å². The Kier molecular flexibility index (Phi) is 7.62. The summed E-state index contributed by atoms with van der Waals surface area (Å²) in [6.07, 6.45) is 0.455. The zero-order valence-electron chi connectivity index (χ0n) is 4.27. The van der Waals surface area contributed by atoms with Crippen molar-refractivity contribution in [1.29, 1.82) is 0 Å². The predicted octanol–water partition coefficient (Wildman–Crippen LogP) is -0.995. The third-order valence-corrected chi connectivity index (χ3v) is 0.482. The molecule has 0 rings (SSSR count). The Hall–Kier alpha value is -0.505. The van der Waals surface area contributed by atoms with Crippen molar-refractivity contribution in [3.05, 3.63) is 0 Å². The van der Waals surface area contributed by atoms with Crippen LogP contribution in [0, 0.1) is 0 Å². The van der Waals surface area contributed by atoms with E-state index in [1.807, 2.05) is 5.43 Å². The van der Waals surface area contributed by atoms with E-state index >= 15 is 0 Å². The summed E-state index contributed by atoms with van der Waals surface area (Å²) < 4.78 is 0. The number of carbonyl (C=O) groups is 1. The van der Waals surface area contributed by atoms with Crippen LogP contribution >= 0.6 is 0 Å². The van der Waals surface area contributed by atoms with Gasteiger partial charge in [0.1, 0.15) is 0 Å². The summed E-state index contributed by atoms with van der Waals surface area (Å²) >= 11 is 0. The monoisotopic (exact) mass is 99.1 g/mol. The van der Waals surface area contributed by atoms with Crippen molar-refractivity contribution < 1.29 is 4.79 Å². The average molecular weight is 98.9 g/mol. The van der Waals surface area contributed by atoms with Gasteiger partial charge in [-0.05, 0) is 0 Å². The number of amides is 1. The lowest BCUT2D eigenvalue weighted by Gasteiger charge is -1.87. The van der Waals surface area contributed by atoms with Crippen LogP contribution in [0.25, 0.3) is 0 Å². The summed E-state index contributed by atoms with van der Waals surface area (Å²) in [5, 5.41) is 0. The Morgan fingerprint density at radius 3 is 2.29 bits per heavy atom. The molecule has 1 amide bonds. The van der Waals surface area contributed by atoms with Crippen LogP contribution in [0.3, 0.4) is 0 Å². The van der Waals surface area contributed by atoms with Gasteiger partial charge in [0.2, 0.25) is 5.91 Å². The molecular formula is C3H8BN2O. The Bertz CT molecular complexity index is 50.9. The van der Waals surface area contributed by atoms with Crippen LogP contribution in [0.15, 0.2) is 0 Å². The molecule has 3 radical (unpaired) electrons. The van der Waals surface area contributed by atoms with Crippen molar-refractivity contribution in [3.8, 4) is 0 Å². The zero-order chi connectivity index (χ0) is 4.99. The summed E-state index contributed by atoms with van der Waals surface area (Å²) in [5.74, 6) is 4.55. The van der Waals surface area contributed by atoms with Crippen LogP contribution in [-0.4, -0.2) is 14.3 Å². The number of nitrogens with one attached hydrogen (secondary N) is 1. The van der Waals surface area contributed by atoms with Crippen LogP contribution < -0.4 is 11.3 Å². The van der Waals surface area contributed by atoms with E-state index in [9.17, 15) is 4.79 Å². The van der Waals surface area contributed by atoms with Gasteiger partial charge in [-0.3, -0.25) is 10.2 Å². The average Bonchev–Trinajstić information content (AvgIpc) is 1.65. The highest BCUT2D eigenvalue weighted by atomic mass is 16.2. The summed E-state index contributed by atoms with van der Waals surface area (Å²) in [6, 6.07) is 0. The molecule has 0 aliphatic heterocycles. The van der Waals surface area contributed by atoms with E-state index < -0.39 is 0 Å². The van der Waals surface area contributed by atoms with Gasteiger partial charge in [-0.2, -0.15) is 0 Å². The van der Waals surface area contributed by atoms with E-state index in [1.165, 1.54) is 0 Å². The second-order valence-electron chi connectivity index (χ2n) is 0.921. The topological polar surface area (TPSA) is 55.1 Å². The fourth-order valence-corrected chi connectivity index (χ4v) is 0.102. The minimum absolute atomic E-state index is 0. The number of hydrazine groups is 1. The molecule has 0 saturated carbocycles. The first-order valence-electron chi connectivity index (χ1n) is 1.80. The number of hydrogen-bond donors (Lipinski definition) is 2. The van der Waals surface area contributed by atoms with Gasteiger partial charge in [-0.15, -0.1) is 0 Å². The first-order valence-corrected chi connectivity index (χ1v) is 1.80. The quantitative estimate of drug-likeness (QED) is 0.192. The highest BCUT2D eigenvalue weighted by molar-refractivity contribution is 5.75. The third kappa shape index (κ3) is 5.49. The number of nitrogens with two attached hydrogens (primary N) is 1. The molecule has 39 valence electrons. The molecule has 0 aliphatic carbocycles. The van der Waals surface area contributed by atoms with E-state index in [1.54, 1.807) is 6.92 Å². The molecular weight excluding hydrogens is 90.9 g/mol. The number of rotatable bonds is 1. The molecule has 0 spiro atoms. The number of hydrogen-bond acceptors (Lipinski definition) is 2. The van der Waals surface area contributed by atoms with Crippen molar-refractivity contribution in [2.75, 3.05) is 0 Å². The van der Waals surface area contributed by atoms with Gasteiger partial charge in [0.15, 0.2) is 0 Å². The molecule has 0 aromatic heterocycles. The van der Waals surface area contributed by atoms with Crippen LogP contribution in [0.2, 0.25) is 0 Å². The molecule has 3 nitrogen and oxygen atoms in total. The van der Waals surface area contributed by atoms with Gasteiger partial charge >= 0.3 is 0 Å². The minimum Gasteiger partial charge on any atom is -0.294 e. The molecule has 0 fully saturated rings. The Balaban J connectivity index is 0. The molecule has 0 aliphatic rings. The second-order valence-corrected chi connectivity index (χ2v) is 0.921. The molecule has 0 saturated heterocycles. The maximum atomic E-state index is 9.94. The van der Waals surface area contributed by atoms with E-state index in [0.29, 0.717) is 6.42 Å². The lowest BCUT2D eigenvalue weighted by molar-refractivity contribution is -0.120. The lowest BCUT2D eigenvalue weighted by Crippen LogP contribution is -2.28. The highest BCUT2D eigenvalue weighted by Crippen LogP contribution is 1.66.